The van der Waals surface area contributed by atoms with Crippen molar-refractivity contribution in [2.24, 2.45) is 17.4 Å². The molecule has 0 spiro atoms. The van der Waals surface area contributed by atoms with Crippen LogP contribution in [0.15, 0.2) is 18.3 Å². The number of anilines is 1. The van der Waals surface area contributed by atoms with Crippen molar-refractivity contribution in [3.8, 4) is 0 Å². The largest absolute Gasteiger partial charge is 0.370 e. The van der Waals surface area contributed by atoms with Crippen molar-refractivity contribution in [3.05, 3.63) is 23.9 Å². The quantitative estimate of drug-likeness (QED) is 0.853. The molecule has 0 saturated carbocycles. The zero-order valence-corrected chi connectivity index (χ0v) is 11.4. The van der Waals surface area contributed by atoms with Gasteiger partial charge in [0.1, 0.15) is 5.82 Å². The highest BCUT2D eigenvalue weighted by molar-refractivity contribution is 5.74. The Morgan fingerprint density at radius 3 is 2.79 bits per heavy atom. The van der Waals surface area contributed by atoms with Crippen LogP contribution in [0.5, 0.6) is 0 Å². The summed E-state index contributed by atoms with van der Waals surface area (Å²) in [6, 6.07) is 3.93. The minimum absolute atomic E-state index is 0.0213. The van der Waals surface area contributed by atoms with Crippen molar-refractivity contribution in [1.82, 2.24) is 4.98 Å². The Hall–Kier alpha value is -1.62. The van der Waals surface area contributed by atoms with Crippen LogP contribution in [0.3, 0.4) is 0 Å². The molecule has 5 heteroatoms. The summed E-state index contributed by atoms with van der Waals surface area (Å²) in [6.45, 7) is 3.80. The van der Waals surface area contributed by atoms with E-state index in [4.69, 9.17) is 11.5 Å². The van der Waals surface area contributed by atoms with Crippen LogP contribution >= 0.6 is 0 Å². The summed E-state index contributed by atoms with van der Waals surface area (Å²) in [5.74, 6) is 1.19. The third kappa shape index (κ3) is 3.44. The first-order valence-electron chi connectivity index (χ1n) is 6.81. The summed E-state index contributed by atoms with van der Waals surface area (Å²) in [5, 5.41) is 0. The fourth-order valence-electron chi connectivity index (χ4n) is 2.66. The van der Waals surface area contributed by atoms with Crippen molar-refractivity contribution >= 4 is 11.7 Å². The Balaban J connectivity index is 2.03. The molecule has 2 heterocycles. The maximum atomic E-state index is 10.9. The zero-order chi connectivity index (χ0) is 13.8. The number of carbonyl (C=O) groups excluding carboxylic acids is 1. The third-order valence-corrected chi connectivity index (χ3v) is 3.71. The minimum atomic E-state index is -0.201. The summed E-state index contributed by atoms with van der Waals surface area (Å²) in [6.07, 6.45) is 4.27. The SMILES string of the molecule is C[C@H](N)c1cccnc1N1CCC(CC(N)=O)CC1. The second-order valence-corrected chi connectivity index (χ2v) is 5.31. The first-order valence-corrected chi connectivity index (χ1v) is 6.81. The zero-order valence-electron chi connectivity index (χ0n) is 11.4. The van der Waals surface area contributed by atoms with Crippen molar-refractivity contribution in [2.45, 2.75) is 32.2 Å². The topological polar surface area (TPSA) is 85.2 Å². The van der Waals surface area contributed by atoms with Crippen molar-refractivity contribution in [2.75, 3.05) is 18.0 Å². The number of primary amides is 1. The molecule has 1 aromatic rings. The van der Waals surface area contributed by atoms with Gasteiger partial charge in [-0.05, 0) is 31.7 Å². The lowest BCUT2D eigenvalue weighted by molar-refractivity contribution is -0.119. The molecule has 104 valence electrons. The summed E-state index contributed by atoms with van der Waals surface area (Å²) in [7, 11) is 0. The van der Waals surface area contributed by atoms with Gasteiger partial charge in [-0.15, -0.1) is 0 Å². The summed E-state index contributed by atoms with van der Waals surface area (Å²) < 4.78 is 0. The van der Waals surface area contributed by atoms with Crippen LogP contribution in [-0.2, 0) is 4.79 Å². The Labute approximate surface area is 114 Å². The van der Waals surface area contributed by atoms with Gasteiger partial charge in [0.25, 0.3) is 0 Å². The molecule has 1 aliphatic rings. The Kier molecular flexibility index (Phi) is 4.37. The smallest absolute Gasteiger partial charge is 0.217 e. The number of pyridine rings is 1. The molecule has 0 bridgehead atoms. The van der Waals surface area contributed by atoms with Crippen LogP contribution in [0.2, 0.25) is 0 Å². The van der Waals surface area contributed by atoms with Gasteiger partial charge in [-0.2, -0.15) is 0 Å². The number of rotatable bonds is 4. The van der Waals surface area contributed by atoms with Gasteiger partial charge in [0, 0.05) is 37.3 Å². The Bertz CT molecular complexity index is 439. The number of carbonyl (C=O) groups is 1. The fourth-order valence-corrected chi connectivity index (χ4v) is 2.66. The lowest BCUT2D eigenvalue weighted by Crippen LogP contribution is -2.36. The Morgan fingerprint density at radius 1 is 1.53 bits per heavy atom. The second kappa shape index (κ2) is 6.02. The minimum Gasteiger partial charge on any atom is -0.370 e. The van der Waals surface area contributed by atoms with E-state index >= 15 is 0 Å². The van der Waals surface area contributed by atoms with E-state index in [1.807, 2.05) is 19.1 Å². The maximum absolute atomic E-state index is 10.9. The van der Waals surface area contributed by atoms with Gasteiger partial charge >= 0.3 is 0 Å². The summed E-state index contributed by atoms with van der Waals surface area (Å²) >= 11 is 0. The number of piperidine rings is 1. The maximum Gasteiger partial charge on any atom is 0.217 e. The normalized spacial score (nSPS) is 18.3. The van der Waals surface area contributed by atoms with Crippen molar-refractivity contribution in [3.63, 3.8) is 0 Å². The van der Waals surface area contributed by atoms with E-state index < -0.39 is 0 Å². The van der Waals surface area contributed by atoms with E-state index in [2.05, 4.69) is 9.88 Å². The molecule has 1 fully saturated rings. The number of hydrogen-bond donors (Lipinski definition) is 2. The predicted octanol–water partition coefficient (Wildman–Crippen LogP) is 1.19. The van der Waals surface area contributed by atoms with Crippen LogP contribution in [-0.4, -0.2) is 24.0 Å². The van der Waals surface area contributed by atoms with Gasteiger partial charge < -0.3 is 16.4 Å². The molecular weight excluding hydrogens is 240 g/mol. The molecule has 5 nitrogen and oxygen atoms in total. The first kappa shape index (κ1) is 13.8. The van der Waals surface area contributed by atoms with Crippen molar-refractivity contribution in [1.29, 1.82) is 0 Å². The van der Waals surface area contributed by atoms with Crippen LogP contribution < -0.4 is 16.4 Å². The number of aromatic nitrogens is 1. The van der Waals surface area contributed by atoms with E-state index in [1.54, 1.807) is 6.20 Å². The molecule has 1 atom stereocenters. The molecule has 1 aromatic heterocycles. The van der Waals surface area contributed by atoms with E-state index in [0.29, 0.717) is 12.3 Å². The molecule has 1 amide bonds. The molecule has 1 saturated heterocycles. The monoisotopic (exact) mass is 262 g/mol. The van der Waals surface area contributed by atoms with E-state index in [-0.39, 0.29) is 11.9 Å². The standard InChI is InChI=1S/C14H22N4O/c1-10(15)12-3-2-6-17-14(12)18-7-4-11(5-8-18)9-13(16)19/h2-3,6,10-11H,4-5,7-9,15H2,1H3,(H2,16,19)/t10-/m0/s1. The summed E-state index contributed by atoms with van der Waals surface area (Å²) in [4.78, 5) is 17.7. The molecule has 2 rings (SSSR count). The highest BCUT2D eigenvalue weighted by atomic mass is 16.1. The predicted molar refractivity (Wildman–Crippen MR) is 75.6 cm³/mol. The van der Waals surface area contributed by atoms with Crippen LogP contribution in [0.4, 0.5) is 5.82 Å². The lowest BCUT2D eigenvalue weighted by Gasteiger charge is -2.33. The molecule has 0 aliphatic carbocycles. The second-order valence-electron chi connectivity index (χ2n) is 5.31. The molecule has 0 unspecified atom stereocenters. The van der Waals surface area contributed by atoms with Gasteiger partial charge in [-0.25, -0.2) is 4.98 Å². The van der Waals surface area contributed by atoms with E-state index in [9.17, 15) is 4.79 Å². The summed E-state index contributed by atoms with van der Waals surface area (Å²) in [5.41, 5.74) is 12.3. The molecule has 19 heavy (non-hydrogen) atoms. The van der Waals surface area contributed by atoms with Gasteiger partial charge in [0.15, 0.2) is 0 Å². The number of nitrogens with two attached hydrogens (primary N) is 2. The van der Waals surface area contributed by atoms with Crippen LogP contribution in [0.25, 0.3) is 0 Å². The van der Waals surface area contributed by atoms with Crippen LogP contribution in [0, 0.1) is 5.92 Å². The molecule has 4 N–H and O–H groups in total. The fraction of sp³-hybridized carbons (Fsp3) is 0.571. The van der Waals surface area contributed by atoms with Crippen molar-refractivity contribution < 1.29 is 4.79 Å². The van der Waals surface area contributed by atoms with Crippen LogP contribution in [0.1, 0.15) is 37.8 Å². The first-order chi connectivity index (χ1) is 9.08. The van der Waals surface area contributed by atoms with E-state index in [0.717, 1.165) is 37.3 Å². The number of nitrogens with zero attached hydrogens (tertiary/aromatic N) is 2. The molecule has 0 aromatic carbocycles. The van der Waals surface area contributed by atoms with Gasteiger partial charge in [0.05, 0.1) is 0 Å². The number of hydrogen-bond acceptors (Lipinski definition) is 4. The molecule has 1 aliphatic heterocycles. The molecule has 0 radical (unpaired) electrons. The highest BCUT2D eigenvalue weighted by Gasteiger charge is 2.23. The van der Waals surface area contributed by atoms with Gasteiger partial charge in [-0.3, -0.25) is 4.79 Å². The lowest BCUT2D eigenvalue weighted by atomic mass is 9.93. The van der Waals surface area contributed by atoms with Gasteiger partial charge in [-0.1, -0.05) is 6.07 Å². The Morgan fingerprint density at radius 2 is 2.21 bits per heavy atom. The average molecular weight is 262 g/mol. The molecular formula is C14H22N4O. The average Bonchev–Trinajstić information content (AvgIpc) is 2.39. The number of amides is 1. The third-order valence-electron chi connectivity index (χ3n) is 3.71. The van der Waals surface area contributed by atoms with Gasteiger partial charge in [0.2, 0.25) is 5.91 Å². The highest BCUT2D eigenvalue weighted by Crippen LogP contribution is 2.28. The van der Waals surface area contributed by atoms with E-state index in [1.165, 1.54) is 0 Å².